The molecule has 1 aromatic rings. The molecule has 0 saturated carbocycles. The lowest BCUT2D eigenvalue weighted by molar-refractivity contribution is -0.0343. The van der Waals surface area contributed by atoms with Gasteiger partial charge in [-0.25, -0.2) is 8.78 Å². The minimum absolute atomic E-state index is 0.112. The minimum Gasteiger partial charge on any atom is -0.376 e. The van der Waals surface area contributed by atoms with E-state index in [0.717, 1.165) is 0 Å². The normalized spacial score (nSPS) is 15.2. The van der Waals surface area contributed by atoms with Crippen molar-refractivity contribution in [2.75, 3.05) is 13.7 Å². The number of halogens is 2. The third-order valence-electron chi connectivity index (χ3n) is 3.42. The van der Waals surface area contributed by atoms with E-state index in [2.05, 4.69) is 26.1 Å². The van der Waals surface area contributed by atoms with Crippen LogP contribution in [-0.4, -0.2) is 25.8 Å². The maximum atomic E-state index is 13.8. The summed E-state index contributed by atoms with van der Waals surface area (Å²) >= 11 is 0. The quantitative estimate of drug-likeness (QED) is 0.863. The van der Waals surface area contributed by atoms with Gasteiger partial charge in [0.2, 0.25) is 0 Å². The van der Waals surface area contributed by atoms with Gasteiger partial charge in [0.05, 0.1) is 6.10 Å². The molecule has 0 bridgehead atoms. The van der Waals surface area contributed by atoms with E-state index in [4.69, 9.17) is 4.74 Å². The number of likely N-dealkylation sites (N-methyl/N-ethyl adjacent to an activating group) is 1. The highest BCUT2D eigenvalue weighted by atomic mass is 19.1. The zero-order valence-electron chi connectivity index (χ0n) is 13.0. The molecule has 0 saturated heterocycles. The Morgan fingerprint density at radius 3 is 2.15 bits per heavy atom. The first kappa shape index (κ1) is 17.1. The van der Waals surface area contributed by atoms with Crippen molar-refractivity contribution >= 4 is 0 Å². The zero-order chi connectivity index (χ0) is 15.3. The lowest BCUT2D eigenvalue weighted by Gasteiger charge is -2.37. The Morgan fingerprint density at radius 2 is 1.75 bits per heavy atom. The molecule has 4 heteroatoms. The molecule has 0 aliphatic carbocycles. The van der Waals surface area contributed by atoms with Gasteiger partial charge in [-0.3, -0.25) is 0 Å². The minimum atomic E-state index is -0.505. The molecule has 2 atom stereocenters. The van der Waals surface area contributed by atoms with Crippen LogP contribution in [-0.2, 0) is 11.2 Å². The maximum absolute atomic E-state index is 13.8. The molecular weight excluding hydrogens is 260 g/mol. The van der Waals surface area contributed by atoms with Crippen LogP contribution in [0.2, 0.25) is 0 Å². The SMILES string of the molecule is CCOC(C(Cc1c(F)cccc1F)NC)C(C)(C)C. The van der Waals surface area contributed by atoms with Gasteiger partial charge >= 0.3 is 0 Å². The zero-order valence-corrected chi connectivity index (χ0v) is 13.0. The molecule has 0 spiro atoms. The van der Waals surface area contributed by atoms with E-state index in [9.17, 15) is 8.78 Å². The first-order valence-corrected chi connectivity index (χ1v) is 7.03. The highest BCUT2D eigenvalue weighted by molar-refractivity contribution is 5.21. The first-order valence-electron chi connectivity index (χ1n) is 7.03. The van der Waals surface area contributed by atoms with E-state index >= 15 is 0 Å². The summed E-state index contributed by atoms with van der Waals surface area (Å²) in [7, 11) is 1.79. The van der Waals surface area contributed by atoms with Crippen LogP contribution in [0.3, 0.4) is 0 Å². The number of hydrogen-bond acceptors (Lipinski definition) is 2. The molecule has 0 fully saturated rings. The number of ether oxygens (including phenoxy) is 1. The van der Waals surface area contributed by atoms with E-state index < -0.39 is 11.6 Å². The van der Waals surface area contributed by atoms with Crippen LogP contribution in [0.4, 0.5) is 8.78 Å². The van der Waals surface area contributed by atoms with Crippen LogP contribution in [0.25, 0.3) is 0 Å². The second-order valence-corrected chi connectivity index (χ2v) is 6.04. The molecule has 114 valence electrons. The molecule has 0 aliphatic heterocycles. The first-order chi connectivity index (χ1) is 9.31. The van der Waals surface area contributed by atoms with E-state index in [1.165, 1.54) is 18.2 Å². The van der Waals surface area contributed by atoms with E-state index in [1.54, 1.807) is 7.05 Å². The summed E-state index contributed by atoms with van der Waals surface area (Å²) < 4.78 is 33.4. The molecule has 0 radical (unpaired) electrons. The molecular formula is C16H25F2NO. The topological polar surface area (TPSA) is 21.3 Å². The molecule has 1 aromatic carbocycles. The van der Waals surface area contributed by atoms with Gasteiger partial charge in [-0.15, -0.1) is 0 Å². The van der Waals surface area contributed by atoms with Gasteiger partial charge in [0, 0.05) is 18.2 Å². The largest absolute Gasteiger partial charge is 0.376 e. The maximum Gasteiger partial charge on any atom is 0.129 e. The molecule has 1 N–H and O–H groups in total. The Kier molecular flexibility index (Phi) is 6.08. The highest BCUT2D eigenvalue weighted by Gasteiger charge is 2.33. The van der Waals surface area contributed by atoms with Gasteiger partial charge in [0.15, 0.2) is 0 Å². The van der Waals surface area contributed by atoms with Crippen LogP contribution in [0.5, 0.6) is 0 Å². The smallest absolute Gasteiger partial charge is 0.129 e. The van der Waals surface area contributed by atoms with Crippen molar-refractivity contribution < 1.29 is 13.5 Å². The van der Waals surface area contributed by atoms with Gasteiger partial charge in [0.25, 0.3) is 0 Å². The van der Waals surface area contributed by atoms with Gasteiger partial charge in [0.1, 0.15) is 11.6 Å². The standard InChI is InChI=1S/C16H25F2NO/c1-6-20-15(16(2,3)4)14(19-5)10-11-12(17)8-7-9-13(11)18/h7-9,14-15,19H,6,10H2,1-5H3. The van der Waals surface area contributed by atoms with Crippen LogP contribution in [0, 0.1) is 17.0 Å². The van der Waals surface area contributed by atoms with Crippen molar-refractivity contribution in [2.24, 2.45) is 5.41 Å². The van der Waals surface area contributed by atoms with Gasteiger partial charge in [-0.2, -0.15) is 0 Å². The van der Waals surface area contributed by atoms with Gasteiger partial charge in [-0.05, 0) is 37.9 Å². The molecule has 20 heavy (non-hydrogen) atoms. The second-order valence-electron chi connectivity index (χ2n) is 6.04. The molecule has 1 rings (SSSR count). The van der Waals surface area contributed by atoms with Crippen LogP contribution < -0.4 is 5.32 Å². The van der Waals surface area contributed by atoms with Crippen molar-refractivity contribution in [2.45, 2.75) is 46.3 Å². The Labute approximate surface area is 120 Å². The Morgan fingerprint density at radius 1 is 1.20 bits per heavy atom. The fourth-order valence-corrected chi connectivity index (χ4v) is 2.46. The van der Waals surface area contributed by atoms with Crippen LogP contribution in [0.1, 0.15) is 33.3 Å². The molecule has 2 nitrogen and oxygen atoms in total. The van der Waals surface area contributed by atoms with Crippen molar-refractivity contribution in [3.63, 3.8) is 0 Å². The van der Waals surface area contributed by atoms with E-state index in [0.29, 0.717) is 6.61 Å². The molecule has 0 heterocycles. The number of benzene rings is 1. The molecule has 0 aromatic heterocycles. The summed E-state index contributed by atoms with van der Waals surface area (Å²) in [6.07, 6.45) is 0.133. The Balaban J connectivity index is 3.00. The molecule has 0 amide bonds. The number of nitrogens with one attached hydrogen (secondary N) is 1. The predicted molar refractivity (Wildman–Crippen MR) is 77.8 cm³/mol. The summed E-state index contributed by atoms with van der Waals surface area (Å²) in [5.74, 6) is -1.01. The Hall–Kier alpha value is -1.00. The van der Waals surface area contributed by atoms with Crippen LogP contribution >= 0.6 is 0 Å². The summed E-state index contributed by atoms with van der Waals surface area (Å²) in [5, 5.41) is 3.14. The molecule has 2 unspecified atom stereocenters. The van der Waals surface area contributed by atoms with Crippen molar-refractivity contribution in [1.29, 1.82) is 0 Å². The number of rotatable bonds is 6. The summed E-state index contributed by atoms with van der Waals surface area (Å²) in [5.41, 5.74) is -0.00777. The van der Waals surface area contributed by atoms with Crippen LogP contribution in [0.15, 0.2) is 18.2 Å². The summed E-state index contributed by atoms with van der Waals surface area (Å²) in [6, 6.07) is 3.81. The third-order valence-corrected chi connectivity index (χ3v) is 3.42. The van der Waals surface area contributed by atoms with Crippen molar-refractivity contribution in [1.82, 2.24) is 5.32 Å². The lowest BCUT2D eigenvalue weighted by Crippen LogP contribution is -2.48. The average Bonchev–Trinajstić information content (AvgIpc) is 2.35. The third kappa shape index (κ3) is 4.25. The van der Waals surface area contributed by atoms with Gasteiger partial charge < -0.3 is 10.1 Å². The predicted octanol–water partition coefficient (Wildman–Crippen LogP) is 3.55. The second kappa shape index (κ2) is 7.14. The average molecular weight is 285 g/mol. The molecule has 0 aliphatic rings. The van der Waals surface area contributed by atoms with Crippen molar-refractivity contribution in [3.8, 4) is 0 Å². The highest BCUT2D eigenvalue weighted by Crippen LogP contribution is 2.27. The fraction of sp³-hybridized carbons (Fsp3) is 0.625. The Bertz CT molecular complexity index is 409. The lowest BCUT2D eigenvalue weighted by atomic mass is 9.82. The monoisotopic (exact) mass is 285 g/mol. The van der Waals surface area contributed by atoms with E-state index in [1.807, 2.05) is 6.92 Å². The fourth-order valence-electron chi connectivity index (χ4n) is 2.46. The number of hydrogen-bond donors (Lipinski definition) is 1. The van der Waals surface area contributed by atoms with Gasteiger partial charge in [-0.1, -0.05) is 26.8 Å². The van der Waals surface area contributed by atoms with Crippen molar-refractivity contribution in [3.05, 3.63) is 35.4 Å². The summed E-state index contributed by atoms with van der Waals surface area (Å²) in [6.45, 7) is 8.69. The van der Waals surface area contributed by atoms with E-state index in [-0.39, 0.29) is 29.5 Å². The summed E-state index contributed by atoms with van der Waals surface area (Å²) in [4.78, 5) is 0.